The second-order valence-electron chi connectivity index (χ2n) is 17.6. The molecular weight excluding hydrogens is 958 g/mol. The standard InChI is InChI=1S/C39H65N3O28/c1-10-22(51)28(57)29(58)36(63-10)69-33-32(68-35-20(41-12(3)47)27(56)24(53)16(7-44)65-35)25(54)17(8-45)66-37(33)67-30-21(42-13(4)48)34(59)64-18(26(30)55)9-62-39(38(60)61)5-14(49)19(40-11(2)46)31(70-39)23(52)15(50)6-43/h10,14-37,43-45,49-59H,5-9H2,1-4H3,(H,40,46)(H,41,47)(H,42,48)(H,60,61)/t10-,14-,15+,16+,17+,18+,19+,20+,21+,22+,23+,24+,25-,26-,27+,28+,29-,30+,31+,32-,33+,34-,35-,36-,37-,39+/m0/s1. The lowest BCUT2D eigenvalue weighted by Gasteiger charge is -2.51. The fourth-order valence-corrected chi connectivity index (χ4v) is 8.74. The van der Waals surface area contributed by atoms with E-state index in [9.17, 15) is 95.8 Å². The minimum atomic E-state index is -3.00. The third-order valence-corrected chi connectivity index (χ3v) is 12.5. The summed E-state index contributed by atoms with van der Waals surface area (Å²) in [5.41, 5.74) is 0. The predicted molar refractivity (Wildman–Crippen MR) is 217 cm³/mol. The molecule has 0 spiro atoms. The molecule has 0 bridgehead atoms. The van der Waals surface area contributed by atoms with Gasteiger partial charge in [0.15, 0.2) is 25.2 Å². The van der Waals surface area contributed by atoms with E-state index in [0.717, 1.165) is 20.8 Å². The van der Waals surface area contributed by atoms with Crippen LogP contribution in [0.25, 0.3) is 0 Å². The van der Waals surface area contributed by atoms with E-state index in [0.29, 0.717) is 0 Å². The highest BCUT2D eigenvalue weighted by Gasteiger charge is 2.59. The Balaban J connectivity index is 1.53. The normalized spacial score (nSPS) is 45.5. The van der Waals surface area contributed by atoms with Crippen LogP contribution in [0.1, 0.15) is 34.1 Å². The fraction of sp³-hybridized carbons (Fsp3) is 0.897. The average molecular weight is 1020 g/mol. The first-order chi connectivity index (χ1) is 32.8. The maximum atomic E-state index is 12.9. The van der Waals surface area contributed by atoms with Gasteiger partial charge in [0, 0.05) is 27.2 Å². The Labute approximate surface area is 397 Å². The molecule has 5 fully saturated rings. The highest BCUT2D eigenvalue weighted by Crippen LogP contribution is 2.38. The van der Waals surface area contributed by atoms with Gasteiger partial charge in [0.1, 0.15) is 110 Å². The Morgan fingerprint density at radius 3 is 1.70 bits per heavy atom. The summed E-state index contributed by atoms with van der Waals surface area (Å²) in [5.74, 6) is -7.43. The molecule has 5 saturated heterocycles. The topological polar surface area (TPSA) is 491 Å². The lowest BCUT2D eigenvalue weighted by atomic mass is 9.88. The van der Waals surface area contributed by atoms with Crippen molar-refractivity contribution in [3.05, 3.63) is 0 Å². The molecular formula is C39H65N3O28. The van der Waals surface area contributed by atoms with E-state index in [1.165, 1.54) is 6.92 Å². The fourth-order valence-electron chi connectivity index (χ4n) is 8.74. The first kappa shape index (κ1) is 57.9. The first-order valence-electron chi connectivity index (χ1n) is 22.1. The molecule has 404 valence electrons. The summed E-state index contributed by atoms with van der Waals surface area (Å²) >= 11 is 0. The van der Waals surface area contributed by atoms with Crippen molar-refractivity contribution in [2.45, 2.75) is 193 Å². The largest absolute Gasteiger partial charge is 0.477 e. The van der Waals surface area contributed by atoms with Gasteiger partial charge >= 0.3 is 5.97 Å². The van der Waals surface area contributed by atoms with Crippen LogP contribution in [0.4, 0.5) is 0 Å². The van der Waals surface area contributed by atoms with Crippen molar-refractivity contribution in [3.63, 3.8) is 0 Å². The molecule has 31 heteroatoms. The average Bonchev–Trinajstić information content (AvgIpc) is 3.30. The highest BCUT2D eigenvalue weighted by molar-refractivity contribution is 5.77. The lowest BCUT2D eigenvalue weighted by Crippen LogP contribution is -2.71. The molecule has 31 nitrogen and oxygen atoms in total. The van der Waals surface area contributed by atoms with Crippen molar-refractivity contribution in [3.8, 4) is 0 Å². The molecule has 0 radical (unpaired) electrons. The molecule has 0 saturated carbocycles. The number of aliphatic hydroxyl groups excluding tert-OH is 14. The van der Waals surface area contributed by atoms with Crippen molar-refractivity contribution in [1.29, 1.82) is 0 Å². The monoisotopic (exact) mass is 1020 g/mol. The van der Waals surface area contributed by atoms with Crippen molar-refractivity contribution < 1.29 is 138 Å². The van der Waals surface area contributed by atoms with E-state index in [-0.39, 0.29) is 0 Å². The summed E-state index contributed by atoms with van der Waals surface area (Å²) in [5, 5.41) is 168. The molecule has 5 rings (SSSR count). The summed E-state index contributed by atoms with van der Waals surface area (Å²) in [4.78, 5) is 49.7. The number of aliphatic hydroxyl groups is 14. The smallest absolute Gasteiger partial charge is 0.364 e. The van der Waals surface area contributed by atoms with E-state index < -0.39 is 215 Å². The van der Waals surface area contributed by atoms with Crippen LogP contribution in [0.2, 0.25) is 0 Å². The number of carboxylic acid groups (broad SMARTS) is 1. The van der Waals surface area contributed by atoms with E-state index in [2.05, 4.69) is 16.0 Å². The summed E-state index contributed by atoms with van der Waals surface area (Å²) in [6.07, 6.45) is -43.9. The maximum Gasteiger partial charge on any atom is 0.364 e. The molecule has 26 atom stereocenters. The third kappa shape index (κ3) is 12.6. The van der Waals surface area contributed by atoms with Crippen LogP contribution in [0.5, 0.6) is 0 Å². The Kier molecular flexibility index (Phi) is 20.1. The van der Waals surface area contributed by atoms with E-state index >= 15 is 0 Å². The Bertz CT molecular complexity index is 1760. The molecule has 0 unspecified atom stereocenters. The second kappa shape index (κ2) is 24.3. The molecule has 18 N–H and O–H groups in total. The minimum absolute atomic E-state index is 0.786. The summed E-state index contributed by atoms with van der Waals surface area (Å²) in [6.45, 7) is 0.0798. The van der Waals surface area contributed by atoms with Crippen LogP contribution in [0.15, 0.2) is 0 Å². The van der Waals surface area contributed by atoms with Gasteiger partial charge in [-0.1, -0.05) is 0 Å². The third-order valence-electron chi connectivity index (χ3n) is 12.5. The Morgan fingerprint density at radius 2 is 1.13 bits per heavy atom. The Hall–Kier alpha value is -3.04. The molecule has 0 aromatic rings. The van der Waals surface area contributed by atoms with E-state index in [4.69, 9.17) is 42.6 Å². The quantitative estimate of drug-likeness (QED) is 0.0606. The molecule has 5 aliphatic heterocycles. The molecule has 3 amide bonds. The van der Waals surface area contributed by atoms with Gasteiger partial charge in [0.25, 0.3) is 5.79 Å². The van der Waals surface area contributed by atoms with E-state index in [1.54, 1.807) is 0 Å². The van der Waals surface area contributed by atoms with Gasteiger partial charge in [-0.2, -0.15) is 0 Å². The zero-order valence-electron chi connectivity index (χ0n) is 38.0. The van der Waals surface area contributed by atoms with Gasteiger partial charge in [0.2, 0.25) is 17.7 Å². The van der Waals surface area contributed by atoms with Gasteiger partial charge in [-0.05, 0) is 6.92 Å². The van der Waals surface area contributed by atoms with Crippen LogP contribution in [0.3, 0.4) is 0 Å². The van der Waals surface area contributed by atoms with Crippen molar-refractivity contribution in [2.75, 3.05) is 26.4 Å². The summed E-state index contributed by atoms with van der Waals surface area (Å²) in [7, 11) is 0. The molecule has 0 aliphatic carbocycles. The number of hydrogen-bond donors (Lipinski definition) is 18. The van der Waals surface area contributed by atoms with Crippen LogP contribution in [-0.2, 0) is 61.8 Å². The zero-order chi connectivity index (χ0) is 52.3. The van der Waals surface area contributed by atoms with Crippen molar-refractivity contribution in [1.82, 2.24) is 16.0 Å². The minimum Gasteiger partial charge on any atom is -0.477 e. The SMILES string of the molecule is CC(=O)N[C@@H]1[C@@H](O[C@@H]2O[C@H](CO)[C@H](O)[C@H](O[C@@H]3O[C@H](CO)[C@@H](O)[C@H](O)[C@H]3NC(C)=O)[C@H]2O[C@@H]2O[C@@H](C)[C@@H](O)[C@@H](O)[C@@H]2O)[C@@H](O)[C@@H](CO[C@]2(C(=O)O)C[C@H](O)[C@@H](NC(C)=O)[C@H]([C@H](O)[C@H](O)CO)O2)O[C@@H]1O. The number of ether oxygens (including phenoxy) is 9. The number of carbonyl (C=O) groups is 4. The zero-order valence-corrected chi connectivity index (χ0v) is 38.0. The predicted octanol–water partition coefficient (Wildman–Crippen LogP) is -11.3. The summed E-state index contributed by atoms with van der Waals surface area (Å²) < 4.78 is 52.3. The van der Waals surface area contributed by atoms with Gasteiger partial charge in [-0.3, -0.25) is 14.4 Å². The number of hydrogen-bond acceptors (Lipinski definition) is 27. The van der Waals surface area contributed by atoms with Crippen molar-refractivity contribution >= 4 is 23.7 Å². The summed E-state index contributed by atoms with van der Waals surface area (Å²) in [6, 6.07) is -5.10. The van der Waals surface area contributed by atoms with Gasteiger partial charge < -0.3 is 135 Å². The lowest BCUT2D eigenvalue weighted by molar-refractivity contribution is -0.397. The number of amides is 3. The van der Waals surface area contributed by atoms with Crippen LogP contribution in [0, 0.1) is 0 Å². The molecule has 5 heterocycles. The number of carboxylic acids is 1. The Morgan fingerprint density at radius 1 is 0.600 bits per heavy atom. The molecule has 0 aromatic carbocycles. The van der Waals surface area contributed by atoms with Gasteiger partial charge in [-0.15, -0.1) is 0 Å². The van der Waals surface area contributed by atoms with Crippen molar-refractivity contribution in [2.24, 2.45) is 0 Å². The van der Waals surface area contributed by atoms with Crippen LogP contribution in [-0.4, -0.2) is 286 Å². The van der Waals surface area contributed by atoms with Crippen LogP contribution < -0.4 is 16.0 Å². The number of rotatable bonds is 18. The number of carbonyl (C=O) groups excluding carboxylic acids is 3. The maximum absolute atomic E-state index is 12.9. The highest BCUT2D eigenvalue weighted by atomic mass is 16.8. The molecule has 5 aliphatic rings. The molecule has 0 aromatic heterocycles. The number of nitrogens with one attached hydrogen (secondary N) is 3. The van der Waals surface area contributed by atoms with Gasteiger partial charge in [0.05, 0.1) is 44.7 Å². The number of aliphatic carboxylic acids is 1. The van der Waals surface area contributed by atoms with E-state index in [1.807, 2.05) is 0 Å². The first-order valence-corrected chi connectivity index (χ1v) is 22.1. The van der Waals surface area contributed by atoms with Crippen LogP contribution >= 0.6 is 0 Å². The second-order valence-corrected chi connectivity index (χ2v) is 17.6. The van der Waals surface area contributed by atoms with Gasteiger partial charge in [-0.25, -0.2) is 4.79 Å². The molecule has 70 heavy (non-hydrogen) atoms.